The summed E-state index contributed by atoms with van der Waals surface area (Å²) in [5, 5.41) is 12.1. The van der Waals surface area contributed by atoms with E-state index in [2.05, 4.69) is 42.4 Å². The minimum atomic E-state index is -0.400. The molecule has 0 aromatic heterocycles. The van der Waals surface area contributed by atoms with Crippen molar-refractivity contribution in [1.82, 2.24) is 0 Å². The molecule has 1 unspecified atom stereocenters. The third-order valence-corrected chi connectivity index (χ3v) is 5.66. The number of nitrogens with one attached hydrogen (secondary N) is 2. The highest BCUT2D eigenvalue weighted by Gasteiger charge is 2.09. The fourth-order valence-corrected chi connectivity index (χ4v) is 3.38. The van der Waals surface area contributed by atoms with Crippen molar-refractivity contribution in [3.63, 3.8) is 0 Å². The molecular formula is C25H32N4O2S. The monoisotopic (exact) mass is 452 g/mol. The summed E-state index contributed by atoms with van der Waals surface area (Å²) in [5.41, 5.74) is 10.2. The first-order valence-electron chi connectivity index (χ1n) is 10.5. The third kappa shape index (κ3) is 7.26. The van der Waals surface area contributed by atoms with Crippen molar-refractivity contribution >= 4 is 35.3 Å². The van der Waals surface area contributed by atoms with Crippen molar-refractivity contribution in [2.75, 3.05) is 30.8 Å². The summed E-state index contributed by atoms with van der Waals surface area (Å²) in [5.74, 6) is 7.18. The molecule has 2 rings (SSSR count). The van der Waals surface area contributed by atoms with Gasteiger partial charge in [0.05, 0.1) is 25.9 Å². The van der Waals surface area contributed by atoms with Crippen LogP contribution in [0.15, 0.2) is 46.9 Å². The molecule has 0 fully saturated rings. The van der Waals surface area contributed by atoms with E-state index in [1.807, 2.05) is 43.3 Å². The second kappa shape index (κ2) is 12.7. The Morgan fingerprint density at radius 3 is 2.69 bits per heavy atom. The fourth-order valence-electron chi connectivity index (χ4n) is 3.06. The molecule has 0 aliphatic carbocycles. The Labute approximate surface area is 195 Å². The van der Waals surface area contributed by atoms with Gasteiger partial charge in [-0.2, -0.15) is 0 Å². The molecule has 0 heterocycles. The number of anilines is 2. The van der Waals surface area contributed by atoms with E-state index in [4.69, 9.17) is 15.6 Å². The van der Waals surface area contributed by atoms with Crippen molar-refractivity contribution in [3.8, 4) is 17.6 Å². The normalized spacial score (nSPS) is 11.8. The minimum absolute atomic E-state index is 0.0852. The van der Waals surface area contributed by atoms with Gasteiger partial charge in [0.15, 0.2) is 0 Å². The lowest BCUT2D eigenvalue weighted by molar-refractivity contribution is -0.116. The molecule has 32 heavy (non-hydrogen) atoms. The average Bonchev–Trinajstić information content (AvgIpc) is 2.80. The predicted octanol–water partition coefficient (Wildman–Crippen LogP) is 4.41. The first-order chi connectivity index (χ1) is 15.4. The Bertz CT molecular complexity index is 1020. The summed E-state index contributed by atoms with van der Waals surface area (Å²) in [6, 6.07) is 11.7. The number of benzene rings is 2. The number of primary amides is 1. The van der Waals surface area contributed by atoms with Gasteiger partial charge in [0.25, 0.3) is 0 Å². The zero-order valence-corrected chi connectivity index (χ0v) is 19.9. The van der Waals surface area contributed by atoms with Crippen LogP contribution in [0.3, 0.4) is 0 Å². The van der Waals surface area contributed by atoms with E-state index in [9.17, 15) is 4.79 Å². The Morgan fingerprint density at radius 1 is 1.25 bits per heavy atom. The molecule has 0 radical (unpaired) electrons. The highest BCUT2D eigenvalue weighted by Crippen LogP contribution is 2.28. The van der Waals surface area contributed by atoms with Crippen LogP contribution in [0.25, 0.3) is 6.08 Å². The van der Waals surface area contributed by atoms with Crippen LogP contribution >= 0.6 is 11.9 Å². The topological polar surface area (TPSA) is 102 Å². The number of carbonyl (C=O) groups excluding carboxylic acids is 1. The van der Waals surface area contributed by atoms with Crippen LogP contribution in [0.5, 0.6) is 5.75 Å². The molecule has 1 atom stereocenters. The molecule has 2 aromatic carbocycles. The molecule has 0 bridgehead atoms. The Kier molecular flexibility index (Phi) is 9.99. The molecular weight excluding hydrogens is 420 g/mol. The lowest BCUT2D eigenvalue weighted by atomic mass is 9.94. The van der Waals surface area contributed by atoms with Gasteiger partial charge in [-0.25, -0.2) is 0 Å². The second-order valence-corrected chi connectivity index (χ2v) is 8.11. The molecule has 0 spiro atoms. The van der Waals surface area contributed by atoms with E-state index >= 15 is 0 Å². The maximum atomic E-state index is 11.2. The molecule has 0 aliphatic heterocycles. The van der Waals surface area contributed by atoms with Gasteiger partial charge >= 0.3 is 0 Å². The number of hydrogen-bond acceptors (Lipinski definition) is 6. The number of nitrogens with two attached hydrogens (primary N) is 2. The molecule has 7 heteroatoms. The van der Waals surface area contributed by atoms with Crippen LogP contribution < -0.4 is 26.2 Å². The molecule has 1 amide bonds. The zero-order chi connectivity index (χ0) is 23.5. The second-order valence-electron chi connectivity index (χ2n) is 7.40. The Balaban J connectivity index is 2.26. The highest BCUT2D eigenvalue weighted by molar-refractivity contribution is 7.97. The van der Waals surface area contributed by atoms with E-state index in [-0.39, 0.29) is 6.54 Å². The zero-order valence-electron chi connectivity index (χ0n) is 19.1. The number of amides is 1. The summed E-state index contributed by atoms with van der Waals surface area (Å²) >= 11 is 1.18. The predicted molar refractivity (Wildman–Crippen MR) is 136 cm³/mol. The van der Waals surface area contributed by atoms with Crippen molar-refractivity contribution in [2.24, 2.45) is 16.8 Å². The molecule has 2 aromatic rings. The Morgan fingerprint density at radius 2 is 2.03 bits per heavy atom. The standard InChI is InChI=1S/C25H32N4O2S/c1-5-17(2)19(14-21-18(3)8-6-10-22(21)29-16-25(26)30)9-7-13-28-23-12-11-20(32-27)15-24(23)31-4/h6,8,10-12,14-15,17,28-29H,5,13,16,27H2,1-4H3,(H2,26,30)/b19-14-. The van der Waals surface area contributed by atoms with Crippen molar-refractivity contribution in [3.05, 3.63) is 53.1 Å². The quantitative estimate of drug-likeness (QED) is 0.315. The number of hydrogen-bond donors (Lipinski definition) is 4. The van der Waals surface area contributed by atoms with Crippen LogP contribution in [0.1, 0.15) is 31.4 Å². The van der Waals surface area contributed by atoms with Crippen LogP contribution in [0.2, 0.25) is 0 Å². The van der Waals surface area contributed by atoms with Crippen LogP contribution in [0, 0.1) is 24.7 Å². The maximum Gasteiger partial charge on any atom is 0.236 e. The van der Waals surface area contributed by atoms with Gasteiger partial charge in [0.2, 0.25) is 5.91 Å². The van der Waals surface area contributed by atoms with Gasteiger partial charge in [-0.15, -0.1) is 0 Å². The maximum absolute atomic E-state index is 11.2. The van der Waals surface area contributed by atoms with Crippen molar-refractivity contribution in [2.45, 2.75) is 32.1 Å². The molecule has 0 saturated carbocycles. The van der Waals surface area contributed by atoms with Crippen molar-refractivity contribution in [1.29, 1.82) is 0 Å². The SMILES string of the molecule is CCC(C)/C(C#CCNc1ccc(SN)cc1OC)=C\c1c(C)cccc1NCC(N)=O. The van der Waals surface area contributed by atoms with Crippen LogP contribution in [-0.4, -0.2) is 26.1 Å². The summed E-state index contributed by atoms with van der Waals surface area (Å²) in [6.45, 7) is 6.90. The van der Waals surface area contributed by atoms with Gasteiger partial charge in [-0.1, -0.05) is 37.8 Å². The molecule has 6 nitrogen and oxygen atoms in total. The number of allylic oxidation sites excluding steroid dienone is 1. The summed E-state index contributed by atoms with van der Waals surface area (Å²) in [7, 11) is 1.63. The van der Waals surface area contributed by atoms with Gasteiger partial charge in [0, 0.05) is 21.7 Å². The summed E-state index contributed by atoms with van der Waals surface area (Å²) in [6.07, 6.45) is 3.07. The minimum Gasteiger partial charge on any atom is -0.495 e. The number of ether oxygens (including phenoxy) is 1. The van der Waals surface area contributed by atoms with E-state index in [1.54, 1.807) is 7.11 Å². The van der Waals surface area contributed by atoms with Crippen LogP contribution in [0.4, 0.5) is 11.4 Å². The summed E-state index contributed by atoms with van der Waals surface area (Å²) < 4.78 is 5.44. The number of carbonyl (C=O) groups is 1. The molecule has 6 N–H and O–H groups in total. The first kappa shape index (κ1) is 25.2. The number of aryl methyl sites for hydroxylation is 1. The van der Waals surface area contributed by atoms with E-state index in [0.717, 1.165) is 45.1 Å². The van der Waals surface area contributed by atoms with Crippen LogP contribution in [-0.2, 0) is 4.79 Å². The molecule has 0 aliphatic rings. The average molecular weight is 453 g/mol. The number of methoxy groups -OCH3 is 1. The molecule has 170 valence electrons. The third-order valence-electron chi connectivity index (χ3n) is 5.13. The smallest absolute Gasteiger partial charge is 0.236 e. The van der Waals surface area contributed by atoms with Gasteiger partial charge in [0.1, 0.15) is 5.75 Å². The van der Waals surface area contributed by atoms with Gasteiger partial charge in [-0.05, 0) is 67.1 Å². The molecule has 0 saturated heterocycles. The lowest BCUT2D eigenvalue weighted by Gasteiger charge is -2.14. The van der Waals surface area contributed by atoms with E-state index in [1.165, 1.54) is 11.9 Å². The Hall–Kier alpha value is -3.08. The fraction of sp³-hybridized carbons (Fsp3) is 0.320. The number of rotatable bonds is 10. The highest BCUT2D eigenvalue weighted by atomic mass is 32.2. The van der Waals surface area contributed by atoms with Gasteiger partial charge < -0.3 is 21.1 Å². The largest absolute Gasteiger partial charge is 0.495 e. The summed E-state index contributed by atoms with van der Waals surface area (Å²) in [4.78, 5) is 12.1. The van der Waals surface area contributed by atoms with E-state index in [0.29, 0.717) is 12.5 Å². The first-order valence-corrected chi connectivity index (χ1v) is 11.4. The van der Waals surface area contributed by atoms with E-state index < -0.39 is 5.91 Å². The lowest BCUT2D eigenvalue weighted by Crippen LogP contribution is -2.22. The van der Waals surface area contributed by atoms with Crippen molar-refractivity contribution < 1.29 is 9.53 Å². The van der Waals surface area contributed by atoms with Gasteiger partial charge in [-0.3, -0.25) is 9.93 Å².